The van der Waals surface area contributed by atoms with Gasteiger partial charge < -0.3 is 26.2 Å². The van der Waals surface area contributed by atoms with Crippen molar-refractivity contribution < 1.29 is 28.6 Å². The van der Waals surface area contributed by atoms with Crippen molar-refractivity contribution in [2.45, 2.75) is 37.8 Å². The molecule has 3 aliphatic rings. The zero-order chi connectivity index (χ0) is 25.3. The molecule has 10 heteroatoms. The van der Waals surface area contributed by atoms with Crippen LogP contribution in [0.25, 0.3) is 11.1 Å². The van der Waals surface area contributed by atoms with Crippen molar-refractivity contribution in [3.05, 3.63) is 76.1 Å². The number of nitrogens with zero attached hydrogens (tertiary/aromatic N) is 1. The molecule has 1 aromatic carbocycles. The van der Waals surface area contributed by atoms with E-state index in [-0.39, 0.29) is 42.3 Å². The van der Waals surface area contributed by atoms with Gasteiger partial charge in [0.2, 0.25) is 11.8 Å². The maximum absolute atomic E-state index is 14.3. The van der Waals surface area contributed by atoms with E-state index < -0.39 is 36.1 Å². The summed E-state index contributed by atoms with van der Waals surface area (Å²) in [6.45, 7) is -0.409. The first-order valence-electron chi connectivity index (χ1n) is 11.0. The lowest BCUT2D eigenvalue weighted by Gasteiger charge is -2.24. The Labute approximate surface area is 205 Å². The predicted octanol–water partition coefficient (Wildman–Crippen LogP) is 3.04. The van der Waals surface area contributed by atoms with E-state index in [2.05, 4.69) is 5.32 Å². The Balaban J connectivity index is 1.52. The molecule has 7 nitrogen and oxygen atoms in total. The summed E-state index contributed by atoms with van der Waals surface area (Å²) >= 11 is 5.77. The number of amides is 2. The van der Waals surface area contributed by atoms with Crippen molar-refractivity contribution >= 4 is 23.4 Å². The molecule has 1 heterocycles. The number of nitrogens with two attached hydrogens (primary N) is 1. The number of nitrogens with one attached hydrogen (secondary N) is 1. The van der Waals surface area contributed by atoms with Crippen LogP contribution in [0.4, 0.5) is 8.78 Å². The lowest BCUT2D eigenvalue weighted by atomic mass is 10.1. The van der Waals surface area contributed by atoms with Crippen LogP contribution < -0.4 is 11.1 Å². The van der Waals surface area contributed by atoms with Crippen LogP contribution in [0, 0.1) is 5.82 Å². The summed E-state index contributed by atoms with van der Waals surface area (Å²) in [5, 5.41) is 22.2. The van der Waals surface area contributed by atoms with Gasteiger partial charge in [0.15, 0.2) is 0 Å². The van der Waals surface area contributed by atoms with Gasteiger partial charge in [-0.3, -0.25) is 9.59 Å². The summed E-state index contributed by atoms with van der Waals surface area (Å²) in [5.41, 5.74) is 7.88. The fraction of sp³-hybridized carbons (Fsp3) is 0.280. The van der Waals surface area contributed by atoms with Crippen LogP contribution in [-0.2, 0) is 22.6 Å². The molecule has 4 rings (SSSR count). The third kappa shape index (κ3) is 5.22. The molecule has 2 aliphatic carbocycles. The number of likely N-dealkylation sites (tertiary alicyclic amines) is 1. The minimum absolute atomic E-state index is 0.0105. The van der Waals surface area contributed by atoms with Crippen LogP contribution in [0.5, 0.6) is 5.75 Å². The van der Waals surface area contributed by atoms with E-state index in [4.69, 9.17) is 17.3 Å². The van der Waals surface area contributed by atoms with E-state index in [9.17, 15) is 28.6 Å². The molecule has 0 aromatic heterocycles. The van der Waals surface area contributed by atoms with Crippen LogP contribution >= 0.6 is 11.6 Å². The van der Waals surface area contributed by atoms with Crippen molar-refractivity contribution in [2.75, 3.05) is 6.54 Å². The second-order valence-corrected chi connectivity index (χ2v) is 8.90. The Hall–Kier alpha value is -3.27. The van der Waals surface area contributed by atoms with E-state index >= 15 is 0 Å². The molecule has 1 fully saturated rings. The number of aliphatic hydroxyl groups is 1. The standard InChI is InChI=1S/C25H24ClF2N3O4/c26-20-3-1-2-13(23(20)28)11-30-25(35)21-10-15(27)12-31(21)22(33)9-14-8-19(24(29)34)18-7-5-16(32)4-6-17(14)18/h1-8,15,21,24,32,34H,9-12,29H2,(H,30,35)/t15-,21+,24?/m1/s1. The van der Waals surface area contributed by atoms with Crippen LogP contribution in [0.1, 0.15) is 29.3 Å². The lowest BCUT2D eigenvalue weighted by Crippen LogP contribution is -2.46. The quantitative estimate of drug-likeness (QED) is 0.386. The number of benzene rings is 1. The number of aliphatic hydroxyl groups excluding tert-OH is 1. The average Bonchev–Trinajstić information content (AvgIpc) is 3.31. The third-order valence-corrected chi connectivity index (χ3v) is 6.43. The highest BCUT2D eigenvalue weighted by atomic mass is 35.5. The first kappa shape index (κ1) is 24.8. The van der Waals surface area contributed by atoms with E-state index in [1.807, 2.05) is 0 Å². The van der Waals surface area contributed by atoms with Gasteiger partial charge in [-0.1, -0.05) is 41.9 Å². The van der Waals surface area contributed by atoms with Crippen LogP contribution in [-0.4, -0.2) is 45.7 Å². The molecular weight excluding hydrogens is 480 g/mol. The van der Waals surface area contributed by atoms with Gasteiger partial charge in [0.1, 0.15) is 30.0 Å². The molecular formula is C25H24ClF2N3O4. The largest absolute Gasteiger partial charge is 0.508 e. The second-order valence-electron chi connectivity index (χ2n) is 8.49. The third-order valence-electron chi connectivity index (χ3n) is 6.14. The number of alkyl halides is 1. The molecule has 2 amide bonds. The Morgan fingerprint density at radius 3 is 2.60 bits per heavy atom. The Bertz CT molecular complexity index is 1240. The van der Waals surface area contributed by atoms with Gasteiger partial charge in [0, 0.05) is 24.1 Å². The van der Waals surface area contributed by atoms with Gasteiger partial charge in [-0.2, -0.15) is 0 Å². The van der Waals surface area contributed by atoms with Gasteiger partial charge in [-0.05, 0) is 34.9 Å². The Morgan fingerprint density at radius 2 is 1.89 bits per heavy atom. The molecule has 1 aromatic rings. The zero-order valence-corrected chi connectivity index (χ0v) is 19.3. The van der Waals surface area contributed by atoms with Crippen LogP contribution in [0.2, 0.25) is 5.02 Å². The highest BCUT2D eigenvalue weighted by molar-refractivity contribution is 6.30. The van der Waals surface area contributed by atoms with E-state index in [0.29, 0.717) is 22.3 Å². The summed E-state index contributed by atoms with van der Waals surface area (Å²) in [7, 11) is 0. The topological polar surface area (TPSA) is 116 Å². The number of fused-ring (bicyclic) bond motifs is 1. The minimum Gasteiger partial charge on any atom is -0.508 e. The molecule has 1 unspecified atom stereocenters. The highest BCUT2D eigenvalue weighted by Gasteiger charge is 2.40. The van der Waals surface area contributed by atoms with Crippen molar-refractivity contribution in [1.82, 2.24) is 10.2 Å². The summed E-state index contributed by atoms with van der Waals surface area (Å²) in [6, 6.07) is 11.0. The van der Waals surface area contributed by atoms with Crippen molar-refractivity contribution in [1.29, 1.82) is 0 Å². The minimum atomic E-state index is -1.38. The number of hydrogen-bond donors (Lipinski definition) is 4. The number of carbonyl (C=O) groups is 2. The first-order valence-corrected chi connectivity index (χ1v) is 11.4. The van der Waals surface area contributed by atoms with Gasteiger partial charge in [-0.25, -0.2) is 8.78 Å². The number of aromatic hydroxyl groups is 1. The summed E-state index contributed by atoms with van der Waals surface area (Å²) in [4.78, 5) is 27.2. The number of carbonyl (C=O) groups excluding carboxylic acids is 2. The maximum Gasteiger partial charge on any atom is 0.243 e. The molecule has 0 saturated carbocycles. The molecule has 1 aliphatic heterocycles. The maximum atomic E-state index is 14.3. The molecule has 0 bridgehead atoms. The average molecular weight is 504 g/mol. The van der Waals surface area contributed by atoms with Gasteiger partial charge in [-0.15, -0.1) is 0 Å². The number of rotatable bonds is 6. The lowest BCUT2D eigenvalue weighted by molar-refractivity contribution is -0.138. The van der Waals surface area contributed by atoms with Crippen LogP contribution in [0.3, 0.4) is 0 Å². The monoisotopic (exact) mass is 503 g/mol. The van der Waals surface area contributed by atoms with E-state index in [1.54, 1.807) is 24.3 Å². The summed E-state index contributed by atoms with van der Waals surface area (Å²) < 4.78 is 28.4. The van der Waals surface area contributed by atoms with Gasteiger partial charge in [0.25, 0.3) is 0 Å². The normalized spacial score (nSPS) is 18.6. The number of hydrogen-bond acceptors (Lipinski definition) is 5. The molecule has 0 radical (unpaired) electrons. The summed E-state index contributed by atoms with van der Waals surface area (Å²) in [6.07, 6.45) is -3.04. The molecule has 35 heavy (non-hydrogen) atoms. The van der Waals surface area contributed by atoms with Gasteiger partial charge in [0.05, 0.1) is 18.0 Å². The van der Waals surface area contributed by atoms with Gasteiger partial charge >= 0.3 is 0 Å². The molecule has 0 spiro atoms. The Kier molecular flexibility index (Phi) is 7.20. The summed E-state index contributed by atoms with van der Waals surface area (Å²) in [5.74, 6) is -1.75. The molecule has 184 valence electrons. The smallest absolute Gasteiger partial charge is 0.243 e. The van der Waals surface area contributed by atoms with E-state index in [1.165, 1.54) is 29.2 Å². The molecule has 3 atom stereocenters. The second kappa shape index (κ2) is 10.2. The molecule has 1 saturated heterocycles. The fourth-order valence-electron chi connectivity index (χ4n) is 4.40. The van der Waals surface area contributed by atoms with Crippen LogP contribution in [0.15, 0.2) is 48.5 Å². The highest BCUT2D eigenvalue weighted by Crippen LogP contribution is 2.36. The first-order chi connectivity index (χ1) is 16.7. The van der Waals surface area contributed by atoms with E-state index in [0.717, 1.165) is 0 Å². The predicted molar refractivity (Wildman–Crippen MR) is 126 cm³/mol. The SMILES string of the molecule is NC(O)c1cc(CC(=O)N2C[C@H](F)C[C@H]2C(=O)NCc2cccc(Cl)c2F)c2ccc(O)ccc1-2. The van der Waals surface area contributed by atoms with Crippen molar-refractivity contribution in [3.8, 4) is 16.9 Å². The number of halogens is 3. The fourth-order valence-corrected chi connectivity index (χ4v) is 4.59. The van der Waals surface area contributed by atoms with Crippen molar-refractivity contribution in [2.24, 2.45) is 5.73 Å². The zero-order valence-electron chi connectivity index (χ0n) is 18.5. The Morgan fingerprint density at radius 1 is 1.17 bits per heavy atom. The van der Waals surface area contributed by atoms with Crippen molar-refractivity contribution in [3.63, 3.8) is 0 Å². The molecule has 5 N–H and O–H groups in total.